The van der Waals surface area contributed by atoms with Crippen LogP contribution in [-0.2, 0) is 30.3 Å². The van der Waals surface area contributed by atoms with Crippen molar-refractivity contribution in [1.82, 2.24) is 19.9 Å². The van der Waals surface area contributed by atoms with E-state index in [0.29, 0.717) is 37.9 Å². The molecule has 13 heteroatoms. The predicted octanol–water partition coefficient (Wildman–Crippen LogP) is 3.55. The summed E-state index contributed by atoms with van der Waals surface area (Å²) in [5.41, 5.74) is 2.38. The topological polar surface area (TPSA) is 177 Å². The zero-order valence-electron chi connectivity index (χ0n) is 32.2. The third-order valence-corrected chi connectivity index (χ3v) is 10.7. The third kappa shape index (κ3) is 11.4. The zero-order valence-corrected chi connectivity index (χ0v) is 32.2. The maximum Gasteiger partial charge on any atom is 0.308 e. The molecule has 1 fully saturated rings. The number of aliphatic hydroxyl groups is 4. The maximum atomic E-state index is 13.6. The van der Waals surface area contributed by atoms with Gasteiger partial charge in [0.05, 0.1) is 49.7 Å². The average molecular weight is 741 g/mol. The number of carbonyl (C=O) groups is 2. The fourth-order valence-corrected chi connectivity index (χ4v) is 7.48. The lowest BCUT2D eigenvalue weighted by atomic mass is 9.79. The van der Waals surface area contributed by atoms with Gasteiger partial charge in [0, 0.05) is 29.9 Å². The molecular formula is C40H60N4O9. The summed E-state index contributed by atoms with van der Waals surface area (Å²) in [5, 5.41) is 53.0. The molecule has 2 unspecified atom stereocenters. The van der Waals surface area contributed by atoms with Crippen molar-refractivity contribution in [1.29, 1.82) is 0 Å². The summed E-state index contributed by atoms with van der Waals surface area (Å²) in [5.74, 6) is -2.79. The van der Waals surface area contributed by atoms with Crippen molar-refractivity contribution in [2.75, 3.05) is 20.7 Å². The standard InChI is InChI=1S/C40H60N4O9/c1-8-12-34-30(23-45)19-24(2)15-16-32(46)25(3)20-29(17-18-44-22-31(41-42-44)28-13-10-9-11-14-28)39(26(4)33(47)21-35(48)52-34)53-40-38(50)36(43(6)7)37(49)27(5)51-40/h9-11,13-16,19,22,25-27,29-30,33-34,36-40,45,47,49-50H,8,12,17-18,20-21,23H2,1-7H3/b16-15+,24-19+/t25-,26+,27-,29+,30-,33-,34-,36?,37-,38?,39-,40+/m1/s1. The Morgan fingerprint density at radius 2 is 1.74 bits per heavy atom. The number of aryl methyl sites for hydroxylation is 1. The average Bonchev–Trinajstić information content (AvgIpc) is 3.61. The fourth-order valence-electron chi connectivity index (χ4n) is 7.48. The molecule has 0 radical (unpaired) electrons. The molecule has 4 rings (SSSR count). The first-order chi connectivity index (χ1) is 25.2. The SMILES string of the molecule is CCC[C@H]1OC(=O)C[C@@H](O)[C@H](C)[C@@H](O[C@@H]2O[C@H](C)[C@@H](O)C(N(C)C)C2O)[C@@H](CCn2cc(-c3ccccc3)nn2)C[C@@H](C)C(=O)/C=C/C(C)=C/[C@@H]1CO. The molecular weight excluding hydrogens is 680 g/mol. The van der Waals surface area contributed by atoms with Crippen molar-refractivity contribution < 1.29 is 44.2 Å². The van der Waals surface area contributed by atoms with Crippen LogP contribution in [0.15, 0.2) is 60.3 Å². The number of likely N-dealkylation sites (N-methyl/N-ethyl adjacent to an activating group) is 1. The number of hydrogen-bond donors (Lipinski definition) is 4. The molecule has 0 bridgehead atoms. The predicted molar refractivity (Wildman–Crippen MR) is 199 cm³/mol. The first-order valence-electron chi connectivity index (χ1n) is 18.9. The van der Waals surface area contributed by atoms with Gasteiger partial charge in [-0.25, -0.2) is 0 Å². The Morgan fingerprint density at radius 1 is 1.02 bits per heavy atom. The smallest absolute Gasteiger partial charge is 0.308 e. The number of ether oxygens (including phenoxy) is 3. The van der Waals surface area contributed by atoms with Gasteiger partial charge < -0.3 is 39.5 Å². The number of nitrogens with zero attached hydrogens (tertiary/aromatic N) is 4. The van der Waals surface area contributed by atoms with Crippen LogP contribution in [0.3, 0.4) is 0 Å². The molecule has 53 heavy (non-hydrogen) atoms. The van der Waals surface area contributed by atoms with Gasteiger partial charge in [-0.3, -0.25) is 14.3 Å². The molecule has 1 saturated heterocycles. The van der Waals surface area contributed by atoms with Crippen molar-refractivity contribution in [3.8, 4) is 11.3 Å². The van der Waals surface area contributed by atoms with E-state index in [-0.39, 0.29) is 18.8 Å². The minimum absolute atomic E-state index is 0.107. The Bertz CT molecular complexity index is 1510. The molecule has 0 saturated carbocycles. The lowest BCUT2D eigenvalue weighted by molar-refractivity contribution is -0.304. The van der Waals surface area contributed by atoms with Crippen molar-refractivity contribution in [2.45, 2.75) is 122 Å². The summed E-state index contributed by atoms with van der Waals surface area (Å²) in [7, 11) is 3.51. The van der Waals surface area contributed by atoms with Crippen molar-refractivity contribution in [3.63, 3.8) is 0 Å². The summed E-state index contributed by atoms with van der Waals surface area (Å²) < 4.78 is 20.4. The second-order valence-electron chi connectivity index (χ2n) is 15.1. The molecule has 294 valence electrons. The quantitative estimate of drug-likeness (QED) is 0.261. The van der Waals surface area contributed by atoms with Crippen LogP contribution in [0.1, 0.15) is 66.7 Å². The largest absolute Gasteiger partial charge is 0.462 e. The summed E-state index contributed by atoms with van der Waals surface area (Å²) in [4.78, 5) is 28.8. The highest BCUT2D eigenvalue weighted by molar-refractivity contribution is 5.91. The van der Waals surface area contributed by atoms with Gasteiger partial charge in [-0.1, -0.05) is 80.5 Å². The van der Waals surface area contributed by atoms with Crippen LogP contribution in [-0.4, -0.2) is 122 Å². The van der Waals surface area contributed by atoms with E-state index in [1.54, 1.807) is 43.6 Å². The van der Waals surface area contributed by atoms with E-state index in [1.165, 1.54) is 6.08 Å². The number of ketones is 1. The first-order valence-corrected chi connectivity index (χ1v) is 18.9. The van der Waals surface area contributed by atoms with Crippen LogP contribution in [0.25, 0.3) is 11.3 Å². The third-order valence-electron chi connectivity index (χ3n) is 10.7. The minimum Gasteiger partial charge on any atom is -0.462 e. The molecule has 3 heterocycles. The Labute approximate surface area is 313 Å². The molecule has 2 aromatic rings. The van der Waals surface area contributed by atoms with Crippen molar-refractivity contribution >= 4 is 11.8 Å². The van der Waals surface area contributed by atoms with E-state index in [4.69, 9.17) is 14.2 Å². The van der Waals surface area contributed by atoms with Gasteiger partial charge in [0.1, 0.15) is 17.9 Å². The molecule has 0 aliphatic carbocycles. The van der Waals surface area contributed by atoms with E-state index in [2.05, 4.69) is 10.3 Å². The highest BCUT2D eigenvalue weighted by Crippen LogP contribution is 2.35. The van der Waals surface area contributed by atoms with Crippen LogP contribution in [0.2, 0.25) is 0 Å². The Kier molecular flexibility index (Phi) is 15.9. The van der Waals surface area contributed by atoms with E-state index in [1.807, 2.05) is 63.4 Å². The number of carbonyl (C=O) groups excluding carboxylic acids is 2. The van der Waals surface area contributed by atoms with E-state index >= 15 is 0 Å². The molecule has 13 nitrogen and oxygen atoms in total. The molecule has 12 atom stereocenters. The number of esters is 1. The van der Waals surface area contributed by atoms with Crippen LogP contribution < -0.4 is 0 Å². The van der Waals surface area contributed by atoms with Crippen LogP contribution in [0.4, 0.5) is 0 Å². The van der Waals surface area contributed by atoms with E-state index in [9.17, 15) is 30.0 Å². The number of aromatic nitrogens is 3. The van der Waals surface area contributed by atoms with Gasteiger partial charge in [-0.2, -0.15) is 0 Å². The van der Waals surface area contributed by atoms with Crippen LogP contribution in [0.5, 0.6) is 0 Å². The molecule has 2 aliphatic heterocycles. The highest BCUT2D eigenvalue weighted by atomic mass is 16.7. The summed E-state index contributed by atoms with van der Waals surface area (Å²) >= 11 is 0. The lowest BCUT2D eigenvalue weighted by Crippen LogP contribution is -2.63. The van der Waals surface area contributed by atoms with Gasteiger partial charge in [-0.05, 0) is 59.2 Å². The maximum absolute atomic E-state index is 13.6. The van der Waals surface area contributed by atoms with Crippen molar-refractivity contribution in [2.24, 2.45) is 23.7 Å². The lowest BCUT2D eigenvalue weighted by Gasteiger charge is -2.46. The first kappa shape index (κ1) is 42.4. The van der Waals surface area contributed by atoms with Gasteiger partial charge in [-0.15, -0.1) is 5.10 Å². The Hall–Kier alpha value is -3.30. The molecule has 0 spiro atoms. The highest BCUT2D eigenvalue weighted by Gasteiger charge is 2.47. The number of cyclic esters (lactones) is 1. The fraction of sp³-hybridized carbons (Fsp3) is 0.650. The number of benzene rings is 1. The summed E-state index contributed by atoms with van der Waals surface area (Å²) in [6.07, 6.45) is 1.77. The van der Waals surface area contributed by atoms with Gasteiger partial charge in [0.2, 0.25) is 0 Å². The minimum atomic E-state index is -1.25. The normalized spacial score (nSPS) is 35.4. The van der Waals surface area contributed by atoms with E-state index in [0.717, 1.165) is 11.1 Å². The molecule has 2 aliphatic rings. The van der Waals surface area contributed by atoms with E-state index < -0.39 is 78.6 Å². The summed E-state index contributed by atoms with van der Waals surface area (Å²) in [6, 6.07) is 8.99. The number of rotatable bonds is 10. The second kappa shape index (κ2) is 19.9. The van der Waals surface area contributed by atoms with Gasteiger partial charge in [0.15, 0.2) is 12.1 Å². The molecule has 4 N–H and O–H groups in total. The second-order valence-corrected chi connectivity index (χ2v) is 15.1. The number of hydrogen-bond acceptors (Lipinski definition) is 12. The molecule has 0 amide bonds. The Balaban J connectivity index is 1.73. The summed E-state index contributed by atoms with van der Waals surface area (Å²) in [6.45, 7) is 9.27. The van der Waals surface area contributed by atoms with Gasteiger partial charge in [0.25, 0.3) is 0 Å². The van der Waals surface area contributed by atoms with Crippen LogP contribution in [0, 0.1) is 23.7 Å². The van der Waals surface area contributed by atoms with Crippen LogP contribution >= 0.6 is 0 Å². The van der Waals surface area contributed by atoms with Crippen molar-refractivity contribution in [3.05, 3.63) is 60.3 Å². The number of allylic oxidation sites excluding steroid dienone is 3. The zero-order chi connectivity index (χ0) is 38.8. The number of aliphatic hydroxyl groups excluding tert-OH is 4. The molecule has 1 aromatic heterocycles. The molecule has 1 aromatic carbocycles. The monoisotopic (exact) mass is 740 g/mol. The Morgan fingerprint density at radius 3 is 2.40 bits per heavy atom. The van der Waals surface area contributed by atoms with Gasteiger partial charge >= 0.3 is 5.97 Å².